The van der Waals surface area contributed by atoms with Gasteiger partial charge in [0.25, 0.3) is 5.69 Å². The standard InChI is InChI=1S/C26H21Cl2N3O4/c1-3-15(2)17-7-10-24-22(13-17)30-26(35-24)18-6-9-19(27)21(14-18)29-25(32)11-5-16-4-8-20(28)23(12-16)31(33)34/h4-15H,3H2,1-2H3,(H,29,32)/b11-5+. The number of hydrogen-bond acceptors (Lipinski definition) is 5. The minimum Gasteiger partial charge on any atom is -0.436 e. The fourth-order valence-electron chi connectivity index (χ4n) is 3.48. The van der Waals surface area contributed by atoms with Gasteiger partial charge in [-0.1, -0.05) is 49.2 Å². The van der Waals surface area contributed by atoms with Crippen LogP contribution in [0.4, 0.5) is 11.4 Å². The molecule has 0 aliphatic rings. The van der Waals surface area contributed by atoms with E-state index < -0.39 is 10.8 Å². The van der Waals surface area contributed by atoms with E-state index in [-0.39, 0.29) is 10.7 Å². The first-order chi connectivity index (χ1) is 16.7. The number of nitrogens with zero attached hydrogens (tertiary/aromatic N) is 2. The van der Waals surface area contributed by atoms with Crippen LogP contribution in [-0.2, 0) is 4.79 Å². The predicted molar refractivity (Wildman–Crippen MR) is 139 cm³/mol. The number of anilines is 1. The summed E-state index contributed by atoms with van der Waals surface area (Å²) in [6.07, 6.45) is 3.73. The largest absolute Gasteiger partial charge is 0.436 e. The van der Waals surface area contributed by atoms with Crippen LogP contribution in [0.5, 0.6) is 0 Å². The van der Waals surface area contributed by atoms with Crippen molar-refractivity contribution in [1.82, 2.24) is 4.98 Å². The maximum atomic E-state index is 12.5. The summed E-state index contributed by atoms with van der Waals surface area (Å²) in [6.45, 7) is 4.31. The van der Waals surface area contributed by atoms with Gasteiger partial charge < -0.3 is 9.73 Å². The Bertz CT molecular complexity index is 1460. The first-order valence-electron chi connectivity index (χ1n) is 10.9. The Morgan fingerprint density at radius 3 is 2.66 bits per heavy atom. The summed E-state index contributed by atoms with van der Waals surface area (Å²) in [5, 5.41) is 14.1. The molecule has 0 spiro atoms. The molecule has 4 aromatic rings. The normalized spacial score (nSPS) is 12.2. The zero-order chi connectivity index (χ0) is 25.1. The summed E-state index contributed by atoms with van der Waals surface area (Å²) in [5.74, 6) is 0.374. The van der Waals surface area contributed by atoms with Crippen molar-refractivity contribution in [1.29, 1.82) is 0 Å². The molecule has 0 saturated carbocycles. The van der Waals surface area contributed by atoms with Crippen molar-refractivity contribution in [2.75, 3.05) is 5.32 Å². The number of fused-ring (bicyclic) bond motifs is 1. The number of nitrogens with one attached hydrogen (secondary N) is 1. The Morgan fingerprint density at radius 2 is 1.91 bits per heavy atom. The summed E-state index contributed by atoms with van der Waals surface area (Å²) in [5.41, 5.74) is 3.89. The van der Waals surface area contributed by atoms with Gasteiger partial charge in [-0.2, -0.15) is 0 Å². The van der Waals surface area contributed by atoms with Gasteiger partial charge in [-0.25, -0.2) is 4.98 Å². The van der Waals surface area contributed by atoms with E-state index in [2.05, 4.69) is 24.1 Å². The molecule has 1 atom stereocenters. The molecule has 0 fully saturated rings. The molecule has 1 aromatic heterocycles. The van der Waals surface area contributed by atoms with Crippen LogP contribution in [0.15, 0.2) is 65.1 Å². The SMILES string of the molecule is CCC(C)c1ccc2oc(-c3ccc(Cl)c(NC(=O)/C=C/c4ccc(Cl)c([N+](=O)[O-])c4)c3)nc2c1. The number of nitro benzene ring substituents is 1. The number of aromatic nitrogens is 1. The van der Waals surface area contributed by atoms with Crippen molar-refractivity contribution in [3.63, 3.8) is 0 Å². The van der Waals surface area contributed by atoms with Crippen molar-refractivity contribution >= 4 is 57.7 Å². The molecule has 0 aliphatic heterocycles. The number of carbonyl (C=O) groups is 1. The molecule has 4 rings (SSSR count). The second kappa shape index (κ2) is 10.3. The highest BCUT2D eigenvalue weighted by molar-refractivity contribution is 6.34. The van der Waals surface area contributed by atoms with Crippen LogP contribution in [0.3, 0.4) is 0 Å². The van der Waals surface area contributed by atoms with Gasteiger partial charge in [-0.15, -0.1) is 0 Å². The summed E-state index contributed by atoms with van der Waals surface area (Å²) >= 11 is 12.1. The highest BCUT2D eigenvalue weighted by Gasteiger charge is 2.14. The maximum absolute atomic E-state index is 12.5. The lowest BCUT2D eigenvalue weighted by molar-refractivity contribution is -0.384. The van der Waals surface area contributed by atoms with Crippen LogP contribution in [-0.4, -0.2) is 15.8 Å². The number of hydrogen-bond donors (Lipinski definition) is 1. The first-order valence-corrected chi connectivity index (χ1v) is 11.6. The van der Waals surface area contributed by atoms with Gasteiger partial charge in [0.2, 0.25) is 11.8 Å². The van der Waals surface area contributed by atoms with Gasteiger partial charge in [0.15, 0.2) is 5.58 Å². The average molecular weight is 510 g/mol. The van der Waals surface area contributed by atoms with E-state index in [9.17, 15) is 14.9 Å². The highest BCUT2D eigenvalue weighted by atomic mass is 35.5. The number of benzene rings is 3. The van der Waals surface area contributed by atoms with Crippen molar-refractivity contribution in [2.45, 2.75) is 26.2 Å². The Hall–Kier alpha value is -3.68. The van der Waals surface area contributed by atoms with Crippen molar-refractivity contribution < 1.29 is 14.1 Å². The number of amides is 1. The van der Waals surface area contributed by atoms with Crippen molar-refractivity contribution in [2.24, 2.45) is 0 Å². The molecular formula is C26H21Cl2N3O4. The zero-order valence-corrected chi connectivity index (χ0v) is 20.4. The number of oxazole rings is 1. The van der Waals surface area contributed by atoms with E-state index in [0.29, 0.717) is 39.2 Å². The van der Waals surface area contributed by atoms with E-state index in [4.69, 9.17) is 27.6 Å². The average Bonchev–Trinajstić information content (AvgIpc) is 3.27. The van der Waals surface area contributed by atoms with Crippen molar-refractivity contribution in [3.05, 3.63) is 92.0 Å². The monoisotopic (exact) mass is 509 g/mol. The quantitative estimate of drug-likeness (QED) is 0.155. The molecule has 0 aliphatic carbocycles. The number of nitro groups is 1. The lowest BCUT2D eigenvalue weighted by Gasteiger charge is -2.07. The molecule has 1 heterocycles. The van der Waals surface area contributed by atoms with Gasteiger partial charge in [-0.3, -0.25) is 14.9 Å². The smallest absolute Gasteiger partial charge is 0.288 e. The Balaban J connectivity index is 1.55. The van der Waals surface area contributed by atoms with E-state index in [1.165, 1.54) is 29.8 Å². The van der Waals surface area contributed by atoms with Gasteiger partial charge >= 0.3 is 0 Å². The molecule has 1 unspecified atom stereocenters. The molecule has 3 aromatic carbocycles. The van der Waals surface area contributed by atoms with E-state index >= 15 is 0 Å². The second-order valence-corrected chi connectivity index (χ2v) is 8.86. The van der Waals surface area contributed by atoms with Crippen LogP contribution in [0.2, 0.25) is 10.0 Å². The molecular weight excluding hydrogens is 489 g/mol. The summed E-state index contributed by atoms with van der Waals surface area (Å²) in [6, 6.07) is 15.4. The fourth-order valence-corrected chi connectivity index (χ4v) is 3.84. The Kier molecular flexibility index (Phi) is 7.19. The van der Waals surface area contributed by atoms with Crippen LogP contribution in [0, 0.1) is 10.1 Å². The molecule has 1 N–H and O–H groups in total. The molecule has 0 radical (unpaired) electrons. The maximum Gasteiger partial charge on any atom is 0.288 e. The van der Waals surface area contributed by atoms with Gasteiger partial charge in [0.1, 0.15) is 10.5 Å². The molecule has 9 heteroatoms. The molecule has 178 valence electrons. The van der Waals surface area contributed by atoms with Crippen LogP contribution >= 0.6 is 23.2 Å². The first kappa shape index (κ1) is 24.4. The predicted octanol–water partition coefficient (Wildman–Crippen LogP) is 7.88. The topological polar surface area (TPSA) is 98.3 Å². The number of halogens is 2. The molecule has 0 bridgehead atoms. The third kappa shape index (κ3) is 5.53. The van der Waals surface area contributed by atoms with Crippen LogP contribution in [0.25, 0.3) is 28.6 Å². The summed E-state index contributed by atoms with van der Waals surface area (Å²) < 4.78 is 5.92. The number of rotatable bonds is 7. The van der Waals surface area contributed by atoms with Crippen LogP contribution < -0.4 is 5.32 Å². The molecule has 0 saturated heterocycles. The van der Waals surface area contributed by atoms with Crippen LogP contribution in [0.1, 0.15) is 37.3 Å². The molecule has 7 nitrogen and oxygen atoms in total. The second-order valence-electron chi connectivity index (χ2n) is 8.04. The van der Waals surface area contributed by atoms with E-state index in [0.717, 1.165) is 11.9 Å². The lowest BCUT2D eigenvalue weighted by atomic mass is 9.98. The van der Waals surface area contributed by atoms with Gasteiger partial charge in [0.05, 0.1) is 15.6 Å². The van der Waals surface area contributed by atoms with Crippen molar-refractivity contribution in [3.8, 4) is 11.5 Å². The van der Waals surface area contributed by atoms with Gasteiger partial charge in [-0.05, 0) is 65.9 Å². The van der Waals surface area contributed by atoms with Gasteiger partial charge in [0, 0.05) is 17.7 Å². The zero-order valence-electron chi connectivity index (χ0n) is 18.9. The minimum absolute atomic E-state index is 0.0236. The third-order valence-electron chi connectivity index (χ3n) is 5.66. The summed E-state index contributed by atoms with van der Waals surface area (Å²) in [7, 11) is 0. The highest BCUT2D eigenvalue weighted by Crippen LogP contribution is 2.32. The Morgan fingerprint density at radius 1 is 1.14 bits per heavy atom. The third-order valence-corrected chi connectivity index (χ3v) is 6.31. The lowest BCUT2D eigenvalue weighted by Crippen LogP contribution is -2.08. The summed E-state index contributed by atoms with van der Waals surface area (Å²) in [4.78, 5) is 27.6. The molecule has 1 amide bonds. The van der Waals surface area contributed by atoms with E-state index in [1.54, 1.807) is 24.3 Å². The minimum atomic E-state index is -0.581. The van der Waals surface area contributed by atoms with E-state index in [1.807, 2.05) is 18.2 Å². The fraction of sp³-hybridized carbons (Fsp3) is 0.154. The Labute approximate surface area is 211 Å². The number of carbonyl (C=O) groups excluding carboxylic acids is 1. The molecule has 35 heavy (non-hydrogen) atoms.